The number of anilines is 1. The lowest BCUT2D eigenvalue weighted by Gasteiger charge is -2.05. The van der Waals surface area contributed by atoms with Crippen LogP contribution >= 0.6 is 22.9 Å². The number of benzene rings is 1. The van der Waals surface area contributed by atoms with E-state index in [1.807, 2.05) is 18.2 Å². The largest absolute Gasteiger partial charge is 0.301 e. The summed E-state index contributed by atoms with van der Waals surface area (Å²) >= 11 is 6.87. The number of halogens is 1. The smallest absolute Gasteiger partial charge is 0.269 e. The van der Waals surface area contributed by atoms with E-state index in [0.29, 0.717) is 17.9 Å². The fraction of sp³-hybridized carbons (Fsp3) is 0.357. The minimum Gasteiger partial charge on any atom is -0.301 e. The number of carbonyl (C=O) groups excluding carboxylic acids is 1. The first-order valence-electron chi connectivity index (χ1n) is 7.29. The Bertz CT molecular complexity index is 808. The first-order valence-corrected chi connectivity index (χ1v) is 9.96. The van der Waals surface area contributed by atoms with E-state index in [0.717, 1.165) is 16.9 Å². The van der Waals surface area contributed by atoms with E-state index in [1.54, 1.807) is 13.0 Å². The molecular formula is C14H17ClN4O3S2. The maximum atomic E-state index is 12.1. The van der Waals surface area contributed by atoms with Crippen molar-refractivity contribution >= 4 is 44.0 Å². The Balaban J connectivity index is 1.87. The summed E-state index contributed by atoms with van der Waals surface area (Å²) in [6.07, 6.45) is 1.54. The second-order valence-electron chi connectivity index (χ2n) is 4.87. The van der Waals surface area contributed by atoms with Gasteiger partial charge in [-0.25, -0.2) is 13.1 Å². The number of aromatic nitrogens is 2. The quantitative estimate of drug-likeness (QED) is 0.534. The molecule has 2 aromatic rings. The summed E-state index contributed by atoms with van der Waals surface area (Å²) < 4.78 is 26.6. The Kier molecular flexibility index (Phi) is 6.67. The van der Waals surface area contributed by atoms with Crippen molar-refractivity contribution in [2.45, 2.75) is 30.5 Å². The number of amides is 1. The van der Waals surface area contributed by atoms with Gasteiger partial charge in [0.15, 0.2) is 0 Å². The number of rotatable bonds is 8. The Morgan fingerprint density at radius 3 is 2.75 bits per heavy atom. The van der Waals surface area contributed by atoms with Crippen molar-refractivity contribution in [3.63, 3.8) is 0 Å². The van der Waals surface area contributed by atoms with E-state index < -0.39 is 10.0 Å². The molecule has 1 aromatic heterocycles. The van der Waals surface area contributed by atoms with Crippen molar-refractivity contribution in [1.29, 1.82) is 0 Å². The molecule has 0 saturated carbocycles. The average molecular weight is 389 g/mol. The van der Waals surface area contributed by atoms with E-state index in [9.17, 15) is 13.2 Å². The summed E-state index contributed by atoms with van der Waals surface area (Å²) in [5.41, 5.74) is 0.971. The van der Waals surface area contributed by atoms with Crippen LogP contribution in [0.2, 0.25) is 5.02 Å². The normalized spacial score (nSPS) is 11.4. The van der Waals surface area contributed by atoms with Gasteiger partial charge in [0, 0.05) is 18.0 Å². The highest BCUT2D eigenvalue weighted by Gasteiger charge is 2.20. The minimum atomic E-state index is -3.74. The molecule has 1 heterocycles. The van der Waals surface area contributed by atoms with Crippen molar-refractivity contribution in [2.24, 2.45) is 0 Å². The van der Waals surface area contributed by atoms with Gasteiger partial charge in [-0.3, -0.25) is 4.79 Å². The molecule has 0 saturated heterocycles. The van der Waals surface area contributed by atoms with E-state index >= 15 is 0 Å². The number of sulfonamides is 1. The van der Waals surface area contributed by atoms with E-state index in [2.05, 4.69) is 20.2 Å². The van der Waals surface area contributed by atoms with Gasteiger partial charge in [0.2, 0.25) is 15.4 Å². The molecule has 1 aromatic carbocycles. The number of nitrogens with zero attached hydrogens (tertiary/aromatic N) is 2. The molecule has 24 heavy (non-hydrogen) atoms. The molecule has 2 N–H and O–H groups in total. The maximum absolute atomic E-state index is 12.1. The van der Waals surface area contributed by atoms with E-state index in [-0.39, 0.29) is 28.3 Å². The average Bonchev–Trinajstić information content (AvgIpc) is 3.02. The lowest BCUT2D eigenvalue weighted by Crippen LogP contribution is -2.25. The molecule has 130 valence electrons. The summed E-state index contributed by atoms with van der Waals surface area (Å²) in [7, 11) is -3.74. The number of hydrogen-bond donors (Lipinski definition) is 2. The third kappa shape index (κ3) is 5.23. The summed E-state index contributed by atoms with van der Waals surface area (Å²) in [5, 5.41) is 10.6. The van der Waals surface area contributed by atoms with Crippen LogP contribution in [0.1, 0.15) is 25.3 Å². The second kappa shape index (κ2) is 8.52. The summed E-state index contributed by atoms with van der Waals surface area (Å²) in [6.45, 7) is 1.94. The molecule has 0 atom stereocenters. The van der Waals surface area contributed by atoms with Crippen LogP contribution in [0.25, 0.3) is 0 Å². The van der Waals surface area contributed by atoms with Crippen molar-refractivity contribution < 1.29 is 13.2 Å². The summed E-state index contributed by atoms with van der Waals surface area (Å²) in [4.78, 5) is 11.3. The molecule has 0 aliphatic heterocycles. The zero-order chi connectivity index (χ0) is 17.6. The summed E-state index contributed by atoms with van der Waals surface area (Å²) in [5.74, 6) is -0.247. The van der Waals surface area contributed by atoms with Gasteiger partial charge < -0.3 is 5.32 Å². The Labute approximate surface area is 149 Å². The summed E-state index contributed by atoms with van der Waals surface area (Å²) in [6, 6.07) is 7.44. The second-order valence-corrected chi connectivity index (χ2v) is 8.19. The molecule has 0 aliphatic rings. The maximum Gasteiger partial charge on any atom is 0.269 e. The van der Waals surface area contributed by atoms with Gasteiger partial charge in [-0.05, 0) is 24.5 Å². The predicted octanol–water partition coefficient (Wildman–Crippen LogP) is 2.45. The minimum absolute atomic E-state index is 0.165. The zero-order valence-corrected chi connectivity index (χ0v) is 15.3. The first-order chi connectivity index (χ1) is 11.4. The van der Waals surface area contributed by atoms with Crippen LogP contribution in [-0.2, 0) is 21.2 Å². The van der Waals surface area contributed by atoms with Crippen molar-refractivity contribution in [3.05, 3.63) is 34.9 Å². The topological polar surface area (TPSA) is 101 Å². The van der Waals surface area contributed by atoms with Gasteiger partial charge in [-0.15, -0.1) is 10.2 Å². The molecule has 0 fully saturated rings. The molecule has 0 bridgehead atoms. The number of carbonyl (C=O) groups is 1. The highest BCUT2D eigenvalue weighted by atomic mass is 35.5. The number of hydrogen-bond acceptors (Lipinski definition) is 6. The van der Waals surface area contributed by atoms with Gasteiger partial charge in [0.1, 0.15) is 0 Å². The fourth-order valence-electron chi connectivity index (χ4n) is 1.82. The predicted molar refractivity (Wildman–Crippen MR) is 93.8 cm³/mol. The van der Waals surface area contributed by atoms with Gasteiger partial charge in [0.25, 0.3) is 10.0 Å². The van der Waals surface area contributed by atoms with Gasteiger partial charge in [-0.1, -0.05) is 48.1 Å². The molecule has 10 heteroatoms. The van der Waals surface area contributed by atoms with Crippen LogP contribution in [-0.4, -0.2) is 31.1 Å². The monoisotopic (exact) mass is 388 g/mol. The molecule has 0 unspecified atom stereocenters. The first kappa shape index (κ1) is 18.8. The van der Waals surface area contributed by atoms with Gasteiger partial charge >= 0.3 is 0 Å². The van der Waals surface area contributed by atoms with Crippen LogP contribution in [0.15, 0.2) is 28.6 Å². The lowest BCUT2D eigenvalue weighted by molar-refractivity contribution is -0.115. The number of nitrogens with one attached hydrogen (secondary N) is 2. The zero-order valence-electron chi connectivity index (χ0n) is 13.0. The third-order valence-corrected chi connectivity index (χ3v) is 6.11. The molecule has 0 radical (unpaired) electrons. The van der Waals surface area contributed by atoms with Crippen molar-refractivity contribution in [2.75, 3.05) is 11.9 Å². The Morgan fingerprint density at radius 2 is 2.04 bits per heavy atom. The highest BCUT2D eigenvalue weighted by molar-refractivity contribution is 7.91. The van der Waals surface area contributed by atoms with Crippen LogP contribution in [0.3, 0.4) is 0 Å². The standard InChI is InChI=1S/C14H17ClN4O3S2/c1-2-12(20)17-13-18-19-14(23-13)24(21,22)16-9-5-7-10-6-3-4-8-11(10)15/h3-4,6,8,16H,2,5,7,9H2,1H3,(H,17,18,20). The fourth-order valence-corrected chi connectivity index (χ4v) is 4.09. The van der Waals surface area contributed by atoms with Crippen LogP contribution < -0.4 is 10.0 Å². The van der Waals surface area contributed by atoms with Gasteiger partial charge in [0.05, 0.1) is 0 Å². The van der Waals surface area contributed by atoms with E-state index in [1.165, 1.54) is 0 Å². The highest BCUT2D eigenvalue weighted by Crippen LogP contribution is 2.20. The Hall–Kier alpha value is -1.55. The Morgan fingerprint density at radius 1 is 1.29 bits per heavy atom. The van der Waals surface area contributed by atoms with Crippen LogP contribution in [0, 0.1) is 0 Å². The molecule has 7 nitrogen and oxygen atoms in total. The van der Waals surface area contributed by atoms with Crippen LogP contribution in [0.4, 0.5) is 5.13 Å². The van der Waals surface area contributed by atoms with E-state index in [4.69, 9.17) is 11.6 Å². The lowest BCUT2D eigenvalue weighted by atomic mass is 10.1. The molecule has 2 rings (SSSR count). The van der Waals surface area contributed by atoms with Crippen LogP contribution in [0.5, 0.6) is 0 Å². The SMILES string of the molecule is CCC(=O)Nc1nnc(S(=O)(=O)NCCCc2ccccc2Cl)s1. The van der Waals surface area contributed by atoms with Crippen molar-refractivity contribution in [1.82, 2.24) is 14.9 Å². The molecule has 0 spiro atoms. The van der Waals surface area contributed by atoms with Crippen molar-refractivity contribution in [3.8, 4) is 0 Å². The van der Waals surface area contributed by atoms with Gasteiger partial charge in [-0.2, -0.15) is 0 Å². The molecular weight excluding hydrogens is 372 g/mol. The molecule has 1 amide bonds. The molecule has 0 aliphatic carbocycles. The number of aryl methyl sites for hydroxylation is 1. The third-order valence-electron chi connectivity index (χ3n) is 3.08.